The number of benzene rings is 2. The lowest BCUT2D eigenvalue weighted by atomic mass is 9.80. The van der Waals surface area contributed by atoms with Crippen molar-refractivity contribution in [3.63, 3.8) is 0 Å². The van der Waals surface area contributed by atoms with Gasteiger partial charge in [-0.2, -0.15) is 0 Å². The highest BCUT2D eigenvalue weighted by Crippen LogP contribution is 2.49. The van der Waals surface area contributed by atoms with E-state index in [0.29, 0.717) is 29.2 Å². The van der Waals surface area contributed by atoms with E-state index in [4.69, 9.17) is 9.47 Å². The summed E-state index contributed by atoms with van der Waals surface area (Å²) in [5.74, 6) is 0.0152. The van der Waals surface area contributed by atoms with E-state index in [1.54, 1.807) is 31.4 Å². The molecule has 7 heteroatoms. The molecule has 2 aromatic carbocycles. The molecule has 3 amide bonds. The molecule has 0 saturated carbocycles. The van der Waals surface area contributed by atoms with Gasteiger partial charge in [0.15, 0.2) is 5.41 Å². The highest BCUT2D eigenvalue weighted by Gasteiger charge is 2.63. The van der Waals surface area contributed by atoms with Gasteiger partial charge in [0.1, 0.15) is 11.5 Å². The van der Waals surface area contributed by atoms with Gasteiger partial charge in [0.25, 0.3) is 0 Å². The Morgan fingerprint density at radius 2 is 1.71 bits per heavy atom. The van der Waals surface area contributed by atoms with Crippen molar-refractivity contribution >= 4 is 23.4 Å². The molecule has 1 saturated heterocycles. The van der Waals surface area contributed by atoms with Crippen molar-refractivity contribution in [2.45, 2.75) is 18.3 Å². The number of hydrogen-bond acceptors (Lipinski definition) is 5. The lowest BCUT2D eigenvalue weighted by molar-refractivity contribution is -0.141. The van der Waals surface area contributed by atoms with Crippen molar-refractivity contribution in [2.75, 3.05) is 32.2 Å². The molecule has 2 heterocycles. The largest absolute Gasteiger partial charge is 0.497 e. The first-order valence-corrected chi connectivity index (χ1v) is 10.1. The van der Waals surface area contributed by atoms with Crippen molar-refractivity contribution in [2.24, 2.45) is 0 Å². The Labute approximate surface area is 180 Å². The summed E-state index contributed by atoms with van der Waals surface area (Å²) in [5, 5.41) is 0. The van der Waals surface area contributed by atoms with E-state index < -0.39 is 17.2 Å². The zero-order valence-electron chi connectivity index (χ0n) is 17.6. The fourth-order valence-corrected chi connectivity index (χ4v) is 4.40. The molecule has 2 aliphatic rings. The second-order valence-electron chi connectivity index (χ2n) is 7.62. The number of carbonyl (C=O) groups excluding carboxylic acids is 3. The second kappa shape index (κ2) is 7.91. The maximum Gasteiger partial charge on any atom is 0.250 e. The van der Waals surface area contributed by atoms with Crippen LogP contribution in [0, 0.1) is 0 Å². The number of nitrogens with zero attached hydrogens (tertiary/aromatic N) is 2. The average Bonchev–Trinajstić information content (AvgIpc) is 3.18. The van der Waals surface area contributed by atoms with Crippen molar-refractivity contribution in [3.05, 3.63) is 66.2 Å². The van der Waals surface area contributed by atoms with Crippen LogP contribution in [0.5, 0.6) is 11.5 Å². The molecule has 1 fully saturated rings. The smallest absolute Gasteiger partial charge is 0.250 e. The first-order valence-electron chi connectivity index (χ1n) is 10.1. The average molecular weight is 420 g/mol. The Balaban J connectivity index is 1.67. The lowest BCUT2D eigenvalue weighted by Crippen LogP contribution is -2.46. The van der Waals surface area contributed by atoms with Gasteiger partial charge in [0, 0.05) is 24.3 Å². The van der Waals surface area contributed by atoms with E-state index in [0.717, 1.165) is 5.56 Å². The molecule has 1 spiro atoms. The summed E-state index contributed by atoms with van der Waals surface area (Å²) < 4.78 is 10.6. The fourth-order valence-electron chi connectivity index (χ4n) is 4.40. The van der Waals surface area contributed by atoms with Gasteiger partial charge in [-0.1, -0.05) is 18.2 Å². The molecule has 4 rings (SSSR count). The van der Waals surface area contributed by atoms with Crippen LogP contribution < -0.4 is 14.4 Å². The molecule has 0 N–H and O–H groups in total. The van der Waals surface area contributed by atoms with Crippen LogP contribution in [-0.4, -0.2) is 49.9 Å². The van der Waals surface area contributed by atoms with Gasteiger partial charge in [-0.15, -0.1) is 6.58 Å². The molecule has 0 bridgehead atoms. The van der Waals surface area contributed by atoms with E-state index in [2.05, 4.69) is 6.58 Å². The quantitative estimate of drug-likeness (QED) is 0.391. The minimum absolute atomic E-state index is 0.184. The van der Waals surface area contributed by atoms with E-state index in [9.17, 15) is 14.4 Å². The van der Waals surface area contributed by atoms with Crippen LogP contribution in [0.15, 0.2) is 55.1 Å². The van der Waals surface area contributed by atoms with Gasteiger partial charge >= 0.3 is 0 Å². The van der Waals surface area contributed by atoms with Gasteiger partial charge in [0.2, 0.25) is 17.7 Å². The summed E-state index contributed by atoms with van der Waals surface area (Å²) in [7, 11) is 3.11. The Morgan fingerprint density at radius 3 is 2.42 bits per heavy atom. The topological polar surface area (TPSA) is 76.2 Å². The van der Waals surface area contributed by atoms with Gasteiger partial charge in [-0.05, 0) is 42.3 Å². The first-order chi connectivity index (χ1) is 15.0. The van der Waals surface area contributed by atoms with Crippen molar-refractivity contribution in [3.8, 4) is 11.5 Å². The van der Waals surface area contributed by atoms with Gasteiger partial charge in [0.05, 0.1) is 20.6 Å². The Morgan fingerprint density at radius 1 is 1.00 bits per heavy atom. The van der Waals surface area contributed by atoms with Crippen LogP contribution in [0.2, 0.25) is 0 Å². The number of imide groups is 1. The predicted molar refractivity (Wildman–Crippen MR) is 115 cm³/mol. The van der Waals surface area contributed by atoms with E-state index in [1.165, 1.54) is 16.9 Å². The van der Waals surface area contributed by atoms with E-state index >= 15 is 0 Å². The van der Waals surface area contributed by atoms with Crippen LogP contribution in [0.1, 0.15) is 17.5 Å². The standard InChI is InChI=1S/C24H24N2O5/c1-4-11-25-20-9-8-18(31-3)14-19(20)24(22(25)28)15-21(27)26(23(24)29)12-10-16-6-5-7-17(13-16)30-2/h4-9,13-14H,1,10-12,15H2,2-3H3. The van der Waals surface area contributed by atoms with Crippen molar-refractivity contribution < 1.29 is 23.9 Å². The van der Waals surface area contributed by atoms with Crippen LogP contribution in [0.25, 0.3) is 0 Å². The van der Waals surface area contributed by atoms with E-state index in [1.807, 2.05) is 24.3 Å². The highest BCUT2D eigenvalue weighted by atomic mass is 16.5. The van der Waals surface area contributed by atoms with Crippen LogP contribution in [-0.2, 0) is 26.2 Å². The molecule has 7 nitrogen and oxygen atoms in total. The molecule has 160 valence electrons. The number of amides is 3. The van der Waals surface area contributed by atoms with Gasteiger partial charge in [-0.3, -0.25) is 19.3 Å². The number of hydrogen-bond donors (Lipinski definition) is 0. The second-order valence-corrected chi connectivity index (χ2v) is 7.62. The zero-order valence-corrected chi connectivity index (χ0v) is 17.6. The van der Waals surface area contributed by atoms with Crippen molar-refractivity contribution in [1.82, 2.24) is 4.90 Å². The number of carbonyl (C=O) groups is 3. The SMILES string of the molecule is C=CCN1C(=O)C2(CC(=O)N(CCc3cccc(OC)c3)C2=O)c2cc(OC)ccc21. The normalized spacial score (nSPS) is 19.9. The number of anilines is 1. The lowest BCUT2D eigenvalue weighted by Gasteiger charge is -2.22. The van der Waals surface area contributed by atoms with E-state index in [-0.39, 0.29) is 25.4 Å². The Bertz CT molecular complexity index is 1080. The molecule has 2 aliphatic heterocycles. The number of rotatable bonds is 7. The third kappa shape index (κ3) is 3.17. The Kier molecular flexibility index (Phi) is 5.27. The highest BCUT2D eigenvalue weighted by molar-refractivity contribution is 6.28. The third-order valence-electron chi connectivity index (χ3n) is 5.96. The maximum atomic E-state index is 13.6. The summed E-state index contributed by atoms with van der Waals surface area (Å²) in [6, 6.07) is 12.7. The summed E-state index contributed by atoms with van der Waals surface area (Å²) in [4.78, 5) is 42.7. The summed E-state index contributed by atoms with van der Waals surface area (Å²) in [5.41, 5.74) is 0.523. The number of methoxy groups -OCH3 is 2. The van der Waals surface area contributed by atoms with Gasteiger partial charge in [-0.25, -0.2) is 0 Å². The minimum atomic E-state index is -1.54. The molecular formula is C24H24N2O5. The van der Waals surface area contributed by atoms with Crippen LogP contribution >= 0.6 is 0 Å². The molecule has 31 heavy (non-hydrogen) atoms. The molecule has 1 unspecified atom stereocenters. The number of fused-ring (bicyclic) bond motifs is 2. The van der Waals surface area contributed by atoms with Crippen LogP contribution in [0.3, 0.4) is 0 Å². The summed E-state index contributed by atoms with van der Waals surface area (Å²) in [6.45, 7) is 4.17. The van der Waals surface area contributed by atoms with Crippen molar-refractivity contribution in [1.29, 1.82) is 0 Å². The third-order valence-corrected chi connectivity index (χ3v) is 5.96. The monoisotopic (exact) mass is 420 g/mol. The minimum Gasteiger partial charge on any atom is -0.497 e. The molecule has 0 aliphatic carbocycles. The van der Waals surface area contributed by atoms with Crippen LogP contribution in [0.4, 0.5) is 5.69 Å². The molecule has 0 radical (unpaired) electrons. The zero-order chi connectivity index (χ0) is 22.2. The summed E-state index contributed by atoms with van der Waals surface area (Å²) in [6.07, 6.45) is 1.89. The molecule has 0 aromatic heterocycles. The number of likely N-dealkylation sites (tertiary alicyclic amines) is 1. The summed E-state index contributed by atoms with van der Waals surface area (Å²) >= 11 is 0. The molecular weight excluding hydrogens is 396 g/mol. The Hall–Kier alpha value is -3.61. The number of ether oxygens (including phenoxy) is 2. The maximum absolute atomic E-state index is 13.6. The fraction of sp³-hybridized carbons (Fsp3) is 0.292. The predicted octanol–water partition coefficient (Wildman–Crippen LogP) is 2.48. The molecule has 1 atom stereocenters. The van der Waals surface area contributed by atoms with Gasteiger partial charge < -0.3 is 14.4 Å². The first kappa shape index (κ1) is 20.7. The molecule has 2 aromatic rings.